The Morgan fingerprint density at radius 1 is 1.35 bits per heavy atom. The predicted octanol–water partition coefficient (Wildman–Crippen LogP) is 3.72. The van der Waals surface area contributed by atoms with Gasteiger partial charge in [-0.2, -0.15) is 0 Å². The van der Waals surface area contributed by atoms with Gasteiger partial charge in [-0.3, -0.25) is 0 Å². The minimum absolute atomic E-state index is 0.0698. The van der Waals surface area contributed by atoms with Gasteiger partial charge in [-0.05, 0) is 39.5 Å². The largest absolute Gasteiger partial charge is 0.444 e. The molecule has 0 spiro atoms. The van der Waals surface area contributed by atoms with Gasteiger partial charge in [0.05, 0.1) is 6.04 Å². The first-order valence-electron chi connectivity index (χ1n) is 6.97. The number of nitrogens with zero attached hydrogens (tertiary/aromatic N) is 1. The van der Waals surface area contributed by atoms with Crippen molar-refractivity contribution in [3.8, 4) is 0 Å². The summed E-state index contributed by atoms with van der Waals surface area (Å²) in [7, 11) is 0. The molecule has 0 fully saturated rings. The number of nitrogens with one attached hydrogen (secondary N) is 2. The van der Waals surface area contributed by atoms with Crippen LogP contribution in [-0.2, 0) is 4.74 Å². The average molecular weight is 281 g/mol. The molecule has 1 atom stereocenters. The maximum absolute atomic E-state index is 12.0. The predicted molar refractivity (Wildman–Crippen MR) is 79.5 cm³/mol. The van der Waals surface area contributed by atoms with Crippen molar-refractivity contribution in [2.24, 2.45) is 5.41 Å². The van der Waals surface area contributed by atoms with E-state index < -0.39 is 11.7 Å². The summed E-state index contributed by atoms with van der Waals surface area (Å²) in [5.74, 6) is 0.767. The fourth-order valence-electron chi connectivity index (χ4n) is 1.89. The molecule has 1 aromatic heterocycles. The number of carbonyl (C=O) groups excluding carboxylic acids is 1. The zero-order chi connectivity index (χ0) is 15.6. The molecule has 0 aliphatic carbocycles. The van der Waals surface area contributed by atoms with Crippen LogP contribution in [0.5, 0.6) is 0 Å². The Bertz CT molecular complexity index is 452. The summed E-state index contributed by atoms with van der Waals surface area (Å²) in [6.07, 6.45) is 2.13. The maximum Gasteiger partial charge on any atom is 0.408 e. The fraction of sp³-hybridized carbons (Fsp3) is 0.733. The average Bonchev–Trinajstić information content (AvgIpc) is 2.58. The molecule has 1 heterocycles. The van der Waals surface area contributed by atoms with E-state index in [1.807, 2.05) is 27.7 Å². The summed E-state index contributed by atoms with van der Waals surface area (Å²) in [6.45, 7) is 13.9. The van der Waals surface area contributed by atoms with E-state index in [1.165, 1.54) is 0 Å². The van der Waals surface area contributed by atoms with Gasteiger partial charge in [0.2, 0.25) is 0 Å². The Morgan fingerprint density at radius 3 is 2.35 bits per heavy atom. The summed E-state index contributed by atoms with van der Waals surface area (Å²) in [5.41, 5.74) is 0.542. The number of aryl methyl sites for hydroxylation is 1. The van der Waals surface area contributed by atoms with E-state index in [0.717, 1.165) is 17.9 Å². The van der Waals surface area contributed by atoms with Crippen molar-refractivity contribution in [3.63, 3.8) is 0 Å². The Balaban J connectivity index is 2.81. The van der Waals surface area contributed by atoms with Crippen LogP contribution in [0.1, 0.15) is 65.5 Å². The first kappa shape index (κ1) is 16.5. The van der Waals surface area contributed by atoms with E-state index in [9.17, 15) is 4.79 Å². The van der Waals surface area contributed by atoms with Crippen LogP contribution in [0, 0.1) is 12.3 Å². The third-order valence-corrected chi connectivity index (χ3v) is 2.56. The zero-order valence-corrected chi connectivity index (χ0v) is 13.6. The molecular formula is C15H27N3O2. The van der Waals surface area contributed by atoms with Crippen LogP contribution in [0.3, 0.4) is 0 Å². The van der Waals surface area contributed by atoms with E-state index in [2.05, 4.69) is 36.1 Å². The van der Waals surface area contributed by atoms with Gasteiger partial charge in [0.15, 0.2) is 0 Å². The Kier molecular flexibility index (Phi) is 4.84. The Hall–Kier alpha value is -1.52. The highest BCUT2D eigenvalue weighted by Crippen LogP contribution is 2.28. The molecule has 5 heteroatoms. The maximum atomic E-state index is 12.0. The summed E-state index contributed by atoms with van der Waals surface area (Å²) in [5, 5.41) is 2.90. The van der Waals surface area contributed by atoms with Gasteiger partial charge >= 0.3 is 6.09 Å². The molecule has 0 aliphatic rings. The zero-order valence-electron chi connectivity index (χ0n) is 13.6. The quantitative estimate of drug-likeness (QED) is 0.887. The number of alkyl carbamates (subject to hydrolysis) is 1. The summed E-state index contributed by atoms with van der Waals surface area (Å²) in [6, 6.07) is -0.182. The Labute approximate surface area is 121 Å². The van der Waals surface area contributed by atoms with Gasteiger partial charge in [0.1, 0.15) is 11.4 Å². The first-order chi connectivity index (χ1) is 8.96. The lowest BCUT2D eigenvalue weighted by molar-refractivity contribution is 0.0489. The van der Waals surface area contributed by atoms with Gasteiger partial charge in [-0.15, -0.1) is 0 Å². The number of hydrogen-bond acceptors (Lipinski definition) is 3. The molecule has 1 amide bonds. The number of ether oxygens (including phenoxy) is 1. The van der Waals surface area contributed by atoms with Crippen LogP contribution in [0.25, 0.3) is 0 Å². The van der Waals surface area contributed by atoms with E-state index in [4.69, 9.17) is 4.74 Å². The molecule has 0 saturated carbocycles. The van der Waals surface area contributed by atoms with Crippen LogP contribution >= 0.6 is 0 Å². The van der Waals surface area contributed by atoms with Gasteiger partial charge in [0, 0.05) is 11.9 Å². The standard InChI is InChI=1S/C15H27N3O2/c1-10-9-16-12(17-10)11(8-14(2,3)4)18-13(19)20-15(5,6)7/h9,11H,8H2,1-7H3,(H,16,17)(H,18,19). The monoisotopic (exact) mass is 281 g/mol. The molecule has 0 aromatic carbocycles. The van der Waals surface area contributed by atoms with Crippen LogP contribution in [0.2, 0.25) is 0 Å². The minimum atomic E-state index is -0.505. The molecule has 0 radical (unpaired) electrons. The van der Waals surface area contributed by atoms with Crippen molar-refractivity contribution >= 4 is 6.09 Å². The summed E-state index contributed by atoms with van der Waals surface area (Å²) < 4.78 is 5.32. The lowest BCUT2D eigenvalue weighted by Crippen LogP contribution is -2.36. The Morgan fingerprint density at radius 2 is 1.95 bits per heavy atom. The number of imidazole rings is 1. The van der Waals surface area contributed by atoms with Crippen molar-refractivity contribution in [3.05, 3.63) is 17.7 Å². The third-order valence-electron chi connectivity index (χ3n) is 2.56. The SMILES string of the molecule is Cc1cnc(C(CC(C)(C)C)NC(=O)OC(C)(C)C)[nH]1. The van der Waals surface area contributed by atoms with Crippen molar-refractivity contribution in [1.82, 2.24) is 15.3 Å². The number of carbonyl (C=O) groups is 1. The molecule has 0 bridgehead atoms. The van der Waals surface area contributed by atoms with E-state index in [0.29, 0.717) is 0 Å². The van der Waals surface area contributed by atoms with Crippen LogP contribution in [-0.4, -0.2) is 21.7 Å². The lowest BCUT2D eigenvalue weighted by atomic mass is 9.88. The van der Waals surface area contributed by atoms with Crippen LogP contribution in [0.4, 0.5) is 4.79 Å². The summed E-state index contributed by atoms with van der Waals surface area (Å²) in [4.78, 5) is 19.5. The topological polar surface area (TPSA) is 67.0 Å². The second kappa shape index (κ2) is 5.85. The van der Waals surface area contributed by atoms with Crippen molar-refractivity contribution in [2.75, 3.05) is 0 Å². The van der Waals surface area contributed by atoms with Gasteiger partial charge in [-0.25, -0.2) is 9.78 Å². The number of rotatable bonds is 3. The summed E-state index contributed by atoms with van der Waals surface area (Å²) >= 11 is 0. The van der Waals surface area contributed by atoms with Gasteiger partial charge in [0.25, 0.3) is 0 Å². The van der Waals surface area contributed by atoms with Crippen molar-refractivity contribution < 1.29 is 9.53 Å². The molecule has 0 aliphatic heterocycles. The van der Waals surface area contributed by atoms with Crippen LogP contribution < -0.4 is 5.32 Å². The molecule has 1 rings (SSSR count). The first-order valence-corrected chi connectivity index (χ1v) is 6.97. The van der Waals surface area contributed by atoms with Crippen LogP contribution in [0.15, 0.2) is 6.20 Å². The second-order valence-corrected chi connectivity index (χ2v) is 7.42. The third kappa shape index (κ3) is 6.08. The van der Waals surface area contributed by atoms with Crippen molar-refractivity contribution in [1.29, 1.82) is 0 Å². The molecule has 20 heavy (non-hydrogen) atoms. The fourth-order valence-corrected chi connectivity index (χ4v) is 1.89. The number of aromatic nitrogens is 2. The smallest absolute Gasteiger partial charge is 0.408 e. The second-order valence-electron chi connectivity index (χ2n) is 7.42. The number of hydrogen-bond donors (Lipinski definition) is 2. The molecular weight excluding hydrogens is 254 g/mol. The van der Waals surface area contributed by atoms with E-state index in [1.54, 1.807) is 6.20 Å². The van der Waals surface area contributed by atoms with Gasteiger partial charge in [-0.1, -0.05) is 20.8 Å². The molecule has 1 aromatic rings. The highest BCUT2D eigenvalue weighted by atomic mass is 16.6. The lowest BCUT2D eigenvalue weighted by Gasteiger charge is -2.27. The normalized spacial score (nSPS) is 13.9. The van der Waals surface area contributed by atoms with Crippen molar-refractivity contribution in [2.45, 2.75) is 66.5 Å². The highest BCUT2D eigenvalue weighted by Gasteiger charge is 2.26. The molecule has 2 N–H and O–H groups in total. The number of aromatic amines is 1. The van der Waals surface area contributed by atoms with E-state index in [-0.39, 0.29) is 11.5 Å². The highest BCUT2D eigenvalue weighted by molar-refractivity contribution is 5.68. The number of H-pyrrole nitrogens is 1. The molecule has 114 valence electrons. The molecule has 1 unspecified atom stereocenters. The molecule has 0 saturated heterocycles. The number of amides is 1. The van der Waals surface area contributed by atoms with Gasteiger partial charge < -0.3 is 15.0 Å². The molecule has 5 nitrogen and oxygen atoms in total. The van der Waals surface area contributed by atoms with E-state index >= 15 is 0 Å². The minimum Gasteiger partial charge on any atom is -0.444 e.